The summed E-state index contributed by atoms with van der Waals surface area (Å²) in [7, 11) is 0. The first-order valence-corrected chi connectivity index (χ1v) is 7.38. The van der Waals surface area contributed by atoms with Crippen molar-refractivity contribution in [3.05, 3.63) is 46.8 Å². The smallest absolute Gasteiger partial charge is 0.419 e. The van der Waals surface area contributed by atoms with E-state index < -0.39 is 41.0 Å². The minimum Gasteiger partial charge on any atom is -0.480 e. The Labute approximate surface area is 143 Å². The first-order chi connectivity index (χ1) is 12.1. The normalized spacial score (nSPS) is 17.1. The maximum absolute atomic E-state index is 13.4. The summed E-state index contributed by atoms with van der Waals surface area (Å²) < 4.78 is 53.5. The Morgan fingerprint density at radius 2 is 1.96 bits per heavy atom. The lowest BCUT2D eigenvalue weighted by atomic mass is 10.1. The van der Waals surface area contributed by atoms with E-state index in [1.54, 1.807) is 6.92 Å². The molecule has 0 bridgehead atoms. The first kappa shape index (κ1) is 17.8. The summed E-state index contributed by atoms with van der Waals surface area (Å²) in [6.45, 7) is 1.24. The summed E-state index contributed by atoms with van der Waals surface area (Å²) >= 11 is 0. The van der Waals surface area contributed by atoms with Gasteiger partial charge in [0.25, 0.3) is 5.91 Å². The Balaban J connectivity index is 1.99. The topological polar surface area (TPSA) is 88.3 Å². The van der Waals surface area contributed by atoms with Crippen molar-refractivity contribution in [2.45, 2.75) is 32.2 Å². The minimum absolute atomic E-state index is 0.136. The van der Waals surface area contributed by atoms with Crippen LogP contribution in [0.3, 0.4) is 0 Å². The predicted molar refractivity (Wildman–Crippen MR) is 77.5 cm³/mol. The van der Waals surface area contributed by atoms with Gasteiger partial charge >= 0.3 is 12.1 Å². The van der Waals surface area contributed by atoms with Crippen LogP contribution in [0.25, 0.3) is 0 Å². The van der Waals surface area contributed by atoms with Crippen LogP contribution in [-0.4, -0.2) is 42.7 Å². The minimum atomic E-state index is -4.98. The number of carboxylic acid groups (broad SMARTS) is 1. The van der Waals surface area contributed by atoms with Gasteiger partial charge in [0.1, 0.15) is 17.7 Å². The van der Waals surface area contributed by atoms with Crippen molar-refractivity contribution in [2.75, 3.05) is 0 Å². The average Bonchev–Trinajstić information content (AvgIpc) is 2.93. The molecule has 1 amide bonds. The molecule has 26 heavy (non-hydrogen) atoms. The molecule has 2 aromatic rings. The van der Waals surface area contributed by atoms with E-state index in [0.29, 0.717) is 23.8 Å². The van der Waals surface area contributed by atoms with Crippen molar-refractivity contribution in [3.8, 4) is 0 Å². The van der Waals surface area contributed by atoms with Gasteiger partial charge in [-0.15, -0.1) is 10.2 Å². The van der Waals surface area contributed by atoms with Gasteiger partial charge in [0.05, 0.1) is 18.7 Å². The number of carboxylic acids is 1. The summed E-state index contributed by atoms with van der Waals surface area (Å²) in [5, 5.41) is 17.0. The fourth-order valence-electron chi connectivity index (χ4n) is 2.78. The van der Waals surface area contributed by atoms with E-state index in [1.807, 2.05) is 0 Å². The Bertz CT molecular complexity index is 894. The SMILES string of the molecule is Cc1nnc2n1CC(C(=O)O)N(C(=O)c1ccc(F)c(C(F)(F)F)c1)C2. The van der Waals surface area contributed by atoms with Crippen LogP contribution in [0.4, 0.5) is 17.6 Å². The molecule has 138 valence electrons. The number of hydrogen-bond donors (Lipinski definition) is 1. The van der Waals surface area contributed by atoms with Gasteiger partial charge in [-0.2, -0.15) is 13.2 Å². The molecule has 0 saturated heterocycles. The molecule has 1 aliphatic heterocycles. The van der Waals surface area contributed by atoms with Gasteiger partial charge in [-0.05, 0) is 25.1 Å². The summed E-state index contributed by atoms with van der Waals surface area (Å²) in [6, 6.07) is 0.476. The third kappa shape index (κ3) is 3.00. The van der Waals surface area contributed by atoms with Crippen LogP contribution < -0.4 is 0 Å². The summed E-state index contributed by atoms with van der Waals surface area (Å²) in [5.41, 5.74) is -2.05. The number of amides is 1. The number of halogens is 4. The van der Waals surface area contributed by atoms with Gasteiger partial charge in [-0.25, -0.2) is 9.18 Å². The fourth-order valence-corrected chi connectivity index (χ4v) is 2.78. The maximum atomic E-state index is 13.4. The van der Waals surface area contributed by atoms with Gasteiger partial charge in [0.2, 0.25) is 0 Å². The number of carbonyl (C=O) groups excluding carboxylic acids is 1. The molecule has 1 aromatic carbocycles. The number of aryl methyl sites for hydroxylation is 1. The van der Waals surface area contributed by atoms with Gasteiger partial charge in [-0.1, -0.05) is 0 Å². The lowest BCUT2D eigenvalue weighted by molar-refractivity contribution is -0.144. The number of nitrogens with zero attached hydrogens (tertiary/aromatic N) is 4. The number of rotatable bonds is 2. The second-order valence-corrected chi connectivity index (χ2v) is 5.75. The Morgan fingerprint density at radius 1 is 1.27 bits per heavy atom. The molecule has 1 N–H and O–H groups in total. The molecule has 1 aliphatic rings. The van der Waals surface area contributed by atoms with Crippen LogP contribution in [-0.2, 0) is 24.1 Å². The van der Waals surface area contributed by atoms with E-state index in [1.165, 1.54) is 4.57 Å². The molecule has 0 saturated carbocycles. The predicted octanol–water partition coefficient (Wildman–Crippen LogP) is 1.85. The lowest BCUT2D eigenvalue weighted by Crippen LogP contribution is -2.50. The second-order valence-electron chi connectivity index (χ2n) is 5.75. The second kappa shape index (κ2) is 6.07. The van der Waals surface area contributed by atoms with Crippen molar-refractivity contribution in [2.24, 2.45) is 0 Å². The van der Waals surface area contributed by atoms with Crippen LogP contribution in [0.15, 0.2) is 18.2 Å². The number of aliphatic carboxylic acids is 1. The highest BCUT2D eigenvalue weighted by atomic mass is 19.4. The van der Waals surface area contributed by atoms with E-state index in [9.17, 15) is 32.3 Å². The summed E-state index contributed by atoms with van der Waals surface area (Å²) in [4.78, 5) is 25.1. The van der Waals surface area contributed by atoms with Crippen molar-refractivity contribution < 1.29 is 32.3 Å². The molecular formula is C15H12F4N4O3. The van der Waals surface area contributed by atoms with Gasteiger partial charge < -0.3 is 14.6 Å². The highest BCUT2D eigenvalue weighted by molar-refractivity contribution is 5.96. The van der Waals surface area contributed by atoms with E-state index in [0.717, 1.165) is 11.0 Å². The molecule has 0 radical (unpaired) electrons. The maximum Gasteiger partial charge on any atom is 0.419 e. The standard InChI is InChI=1S/C15H12F4N4O3/c1-7-20-21-12-6-23(11(14(25)26)5-22(7)12)13(24)8-2-3-10(16)9(4-8)15(17,18)19/h2-4,11H,5-6H2,1H3,(H,25,26). The highest BCUT2D eigenvalue weighted by Crippen LogP contribution is 2.32. The number of fused-ring (bicyclic) bond motifs is 1. The highest BCUT2D eigenvalue weighted by Gasteiger charge is 2.39. The molecule has 1 unspecified atom stereocenters. The van der Waals surface area contributed by atoms with Crippen LogP contribution in [0, 0.1) is 12.7 Å². The van der Waals surface area contributed by atoms with Crippen molar-refractivity contribution in [1.82, 2.24) is 19.7 Å². The van der Waals surface area contributed by atoms with E-state index >= 15 is 0 Å². The molecule has 0 fully saturated rings. The van der Waals surface area contributed by atoms with Crippen molar-refractivity contribution in [1.29, 1.82) is 0 Å². The quantitative estimate of drug-likeness (QED) is 0.813. The Hall–Kier alpha value is -2.98. The number of aromatic nitrogens is 3. The van der Waals surface area contributed by atoms with Gasteiger partial charge in [-0.3, -0.25) is 4.79 Å². The van der Waals surface area contributed by atoms with E-state index in [2.05, 4.69) is 10.2 Å². The molecular weight excluding hydrogens is 360 g/mol. The van der Waals surface area contributed by atoms with Gasteiger partial charge in [0.15, 0.2) is 5.82 Å². The zero-order valence-corrected chi connectivity index (χ0v) is 13.3. The Morgan fingerprint density at radius 3 is 2.58 bits per heavy atom. The number of hydrogen-bond acceptors (Lipinski definition) is 4. The summed E-state index contributed by atoms with van der Waals surface area (Å²) in [5.74, 6) is -3.03. The van der Waals surface area contributed by atoms with Crippen LogP contribution >= 0.6 is 0 Å². The molecule has 11 heteroatoms. The first-order valence-electron chi connectivity index (χ1n) is 7.38. The third-order valence-electron chi connectivity index (χ3n) is 4.12. The molecule has 0 spiro atoms. The molecule has 7 nitrogen and oxygen atoms in total. The lowest BCUT2D eigenvalue weighted by Gasteiger charge is -2.33. The number of alkyl halides is 3. The Kier molecular flexibility index (Phi) is 4.17. The summed E-state index contributed by atoms with van der Waals surface area (Å²) in [6.07, 6.45) is -4.98. The average molecular weight is 372 g/mol. The monoisotopic (exact) mass is 372 g/mol. The zero-order chi connectivity index (χ0) is 19.2. The zero-order valence-electron chi connectivity index (χ0n) is 13.3. The number of benzene rings is 1. The largest absolute Gasteiger partial charge is 0.480 e. The van der Waals surface area contributed by atoms with E-state index in [4.69, 9.17) is 0 Å². The molecule has 2 heterocycles. The molecule has 0 aliphatic carbocycles. The molecule has 1 aromatic heterocycles. The molecule has 3 rings (SSSR count). The van der Waals surface area contributed by atoms with Crippen molar-refractivity contribution >= 4 is 11.9 Å². The number of carbonyl (C=O) groups is 2. The van der Waals surface area contributed by atoms with Crippen LogP contribution in [0.5, 0.6) is 0 Å². The molecule has 1 atom stereocenters. The van der Waals surface area contributed by atoms with Crippen LogP contribution in [0.2, 0.25) is 0 Å². The van der Waals surface area contributed by atoms with E-state index in [-0.39, 0.29) is 13.1 Å². The van der Waals surface area contributed by atoms with Crippen molar-refractivity contribution in [3.63, 3.8) is 0 Å². The third-order valence-corrected chi connectivity index (χ3v) is 4.12. The fraction of sp³-hybridized carbons (Fsp3) is 0.333. The van der Waals surface area contributed by atoms with Crippen LogP contribution in [0.1, 0.15) is 27.6 Å². The van der Waals surface area contributed by atoms with Gasteiger partial charge in [0, 0.05) is 5.56 Å².